The second-order valence-corrected chi connectivity index (χ2v) is 4.54. The Kier molecular flexibility index (Phi) is 3.64. The zero-order valence-electron chi connectivity index (χ0n) is 10.2. The summed E-state index contributed by atoms with van der Waals surface area (Å²) in [6.45, 7) is 6.35. The lowest BCUT2D eigenvalue weighted by Gasteiger charge is -2.38. The van der Waals surface area contributed by atoms with E-state index >= 15 is 0 Å². The van der Waals surface area contributed by atoms with Crippen LogP contribution in [0.15, 0.2) is 18.2 Å². The van der Waals surface area contributed by atoms with E-state index < -0.39 is 5.82 Å². The molecule has 1 aliphatic heterocycles. The maximum atomic E-state index is 12.9. The van der Waals surface area contributed by atoms with Gasteiger partial charge in [0.25, 0.3) is 0 Å². The van der Waals surface area contributed by atoms with Crippen LogP contribution in [0.4, 0.5) is 4.39 Å². The topological polar surface area (TPSA) is 32.7 Å². The standard InChI is InChI=1S/C13H18FNO2/c1-9-8-17-6-5-15(9)10(2)12-4-3-11(14)7-13(12)16/h3-4,7,9-10,16H,5-6,8H2,1-2H3. The zero-order valence-corrected chi connectivity index (χ0v) is 10.2. The van der Waals surface area contributed by atoms with Crippen molar-refractivity contribution >= 4 is 0 Å². The molecule has 2 atom stereocenters. The van der Waals surface area contributed by atoms with Crippen LogP contribution in [0.25, 0.3) is 0 Å². The van der Waals surface area contributed by atoms with E-state index in [0.717, 1.165) is 18.2 Å². The number of phenolic OH excluding ortho intramolecular Hbond substituents is 1. The van der Waals surface area contributed by atoms with Crippen molar-refractivity contribution in [1.82, 2.24) is 4.90 Å². The van der Waals surface area contributed by atoms with E-state index in [1.165, 1.54) is 6.07 Å². The second-order valence-electron chi connectivity index (χ2n) is 4.54. The molecule has 2 unspecified atom stereocenters. The Balaban J connectivity index is 2.20. The molecule has 94 valence electrons. The molecular formula is C13H18FNO2. The quantitative estimate of drug-likeness (QED) is 0.859. The molecule has 17 heavy (non-hydrogen) atoms. The Morgan fingerprint density at radius 3 is 2.94 bits per heavy atom. The fourth-order valence-corrected chi connectivity index (χ4v) is 2.36. The van der Waals surface area contributed by atoms with Crippen LogP contribution in [0.3, 0.4) is 0 Å². The summed E-state index contributed by atoms with van der Waals surface area (Å²) in [5.74, 6) is -0.385. The van der Waals surface area contributed by atoms with Gasteiger partial charge < -0.3 is 9.84 Å². The third-order valence-electron chi connectivity index (χ3n) is 3.36. The summed E-state index contributed by atoms with van der Waals surface area (Å²) in [5, 5.41) is 9.78. The molecule has 1 fully saturated rings. The number of benzene rings is 1. The number of ether oxygens (including phenoxy) is 1. The Bertz CT molecular complexity index is 397. The van der Waals surface area contributed by atoms with Crippen molar-refractivity contribution in [3.63, 3.8) is 0 Å². The van der Waals surface area contributed by atoms with Gasteiger partial charge in [0.1, 0.15) is 11.6 Å². The van der Waals surface area contributed by atoms with E-state index in [1.807, 2.05) is 6.92 Å². The van der Waals surface area contributed by atoms with Gasteiger partial charge in [0.2, 0.25) is 0 Å². The molecule has 3 nitrogen and oxygen atoms in total. The van der Waals surface area contributed by atoms with Gasteiger partial charge in [-0.25, -0.2) is 4.39 Å². The van der Waals surface area contributed by atoms with E-state index in [2.05, 4.69) is 11.8 Å². The van der Waals surface area contributed by atoms with Crippen LogP contribution in [0, 0.1) is 5.82 Å². The molecule has 0 saturated carbocycles. The zero-order chi connectivity index (χ0) is 12.4. The van der Waals surface area contributed by atoms with Crippen LogP contribution in [0.1, 0.15) is 25.5 Å². The molecule has 0 spiro atoms. The Hall–Kier alpha value is -1.13. The average Bonchev–Trinajstić information content (AvgIpc) is 2.29. The third kappa shape index (κ3) is 2.58. The van der Waals surface area contributed by atoms with Crippen molar-refractivity contribution in [1.29, 1.82) is 0 Å². The van der Waals surface area contributed by atoms with Crippen molar-refractivity contribution in [2.75, 3.05) is 19.8 Å². The fraction of sp³-hybridized carbons (Fsp3) is 0.538. The maximum Gasteiger partial charge on any atom is 0.126 e. The van der Waals surface area contributed by atoms with Crippen molar-refractivity contribution in [3.05, 3.63) is 29.6 Å². The first-order valence-corrected chi connectivity index (χ1v) is 5.91. The number of morpholine rings is 1. The van der Waals surface area contributed by atoms with Crippen molar-refractivity contribution in [3.8, 4) is 5.75 Å². The molecule has 1 aromatic carbocycles. The monoisotopic (exact) mass is 239 g/mol. The lowest BCUT2D eigenvalue weighted by Crippen LogP contribution is -2.44. The first kappa shape index (κ1) is 12.3. The molecule has 1 aliphatic rings. The highest BCUT2D eigenvalue weighted by atomic mass is 19.1. The number of aromatic hydroxyl groups is 1. The molecular weight excluding hydrogens is 221 g/mol. The molecule has 1 aromatic rings. The lowest BCUT2D eigenvalue weighted by molar-refractivity contribution is -0.0194. The smallest absolute Gasteiger partial charge is 0.126 e. The molecule has 1 N–H and O–H groups in total. The minimum Gasteiger partial charge on any atom is -0.508 e. The highest BCUT2D eigenvalue weighted by Gasteiger charge is 2.26. The average molecular weight is 239 g/mol. The maximum absolute atomic E-state index is 12.9. The third-order valence-corrected chi connectivity index (χ3v) is 3.36. The van der Waals surface area contributed by atoms with Crippen LogP contribution < -0.4 is 0 Å². The second kappa shape index (κ2) is 5.02. The van der Waals surface area contributed by atoms with E-state index in [4.69, 9.17) is 4.74 Å². The first-order chi connectivity index (χ1) is 8.09. The Morgan fingerprint density at radius 2 is 2.29 bits per heavy atom. The SMILES string of the molecule is CC1COCCN1C(C)c1ccc(F)cc1O. The summed E-state index contributed by atoms with van der Waals surface area (Å²) in [7, 11) is 0. The van der Waals surface area contributed by atoms with Crippen molar-refractivity contribution < 1.29 is 14.2 Å². The molecule has 1 saturated heterocycles. The summed E-state index contributed by atoms with van der Waals surface area (Å²) in [4.78, 5) is 2.26. The molecule has 0 amide bonds. The summed E-state index contributed by atoms with van der Waals surface area (Å²) >= 11 is 0. The van der Waals surface area contributed by atoms with Crippen LogP contribution in [0.5, 0.6) is 5.75 Å². The predicted molar refractivity (Wildman–Crippen MR) is 63.5 cm³/mol. The van der Waals surface area contributed by atoms with Crippen LogP contribution >= 0.6 is 0 Å². The van der Waals surface area contributed by atoms with Crippen LogP contribution in [-0.4, -0.2) is 35.8 Å². The van der Waals surface area contributed by atoms with E-state index in [-0.39, 0.29) is 11.8 Å². The molecule has 0 radical (unpaired) electrons. The number of nitrogens with zero attached hydrogens (tertiary/aromatic N) is 1. The largest absolute Gasteiger partial charge is 0.508 e. The van der Waals surface area contributed by atoms with E-state index in [1.54, 1.807) is 6.07 Å². The van der Waals surface area contributed by atoms with Crippen LogP contribution in [0.2, 0.25) is 0 Å². The number of hydrogen-bond donors (Lipinski definition) is 1. The number of phenols is 1. The first-order valence-electron chi connectivity index (χ1n) is 5.91. The van der Waals surface area contributed by atoms with Gasteiger partial charge in [0, 0.05) is 30.3 Å². The number of halogens is 1. The highest BCUT2D eigenvalue weighted by molar-refractivity contribution is 5.35. The van der Waals surface area contributed by atoms with Gasteiger partial charge in [-0.3, -0.25) is 4.90 Å². The van der Waals surface area contributed by atoms with E-state index in [0.29, 0.717) is 19.3 Å². The van der Waals surface area contributed by atoms with Crippen molar-refractivity contribution in [2.24, 2.45) is 0 Å². The minimum absolute atomic E-state index is 0.0243. The minimum atomic E-state index is -0.409. The highest BCUT2D eigenvalue weighted by Crippen LogP contribution is 2.30. The summed E-state index contributed by atoms with van der Waals surface area (Å²) in [5.41, 5.74) is 0.764. The Morgan fingerprint density at radius 1 is 1.53 bits per heavy atom. The molecule has 2 rings (SSSR count). The van der Waals surface area contributed by atoms with Gasteiger partial charge >= 0.3 is 0 Å². The Labute approximate surface area is 101 Å². The summed E-state index contributed by atoms with van der Waals surface area (Å²) in [6, 6.07) is 4.57. The molecule has 4 heteroatoms. The molecule has 0 aliphatic carbocycles. The lowest BCUT2D eigenvalue weighted by atomic mass is 10.0. The fourth-order valence-electron chi connectivity index (χ4n) is 2.36. The van der Waals surface area contributed by atoms with E-state index in [9.17, 15) is 9.50 Å². The van der Waals surface area contributed by atoms with Gasteiger partial charge in [-0.05, 0) is 19.9 Å². The van der Waals surface area contributed by atoms with Gasteiger partial charge in [-0.2, -0.15) is 0 Å². The van der Waals surface area contributed by atoms with Gasteiger partial charge in [0.15, 0.2) is 0 Å². The normalized spacial score (nSPS) is 23.6. The van der Waals surface area contributed by atoms with Crippen molar-refractivity contribution in [2.45, 2.75) is 25.9 Å². The van der Waals surface area contributed by atoms with Gasteiger partial charge in [-0.15, -0.1) is 0 Å². The number of rotatable bonds is 2. The summed E-state index contributed by atoms with van der Waals surface area (Å²) < 4.78 is 18.3. The molecule has 0 aromatic heterocycles. The number of hydrogen-bond acceptors (Lipinski definition) is 3. The molecule has 0 bridgehead atoms. The van der Waals surface area contributed by atoms with Gasteiger partial charge in [-0.1, -0.05) is 6.07 Å². The van der Waals surface area contributed by atoms with Gasteiger partial charge in [0.05, 0.1) is 13.2 Å². The predicted octanol–water partition coefficient (Wildman–Crippen LogP) is 2.31. The van der Waals surface area contributed by atoms with Crippen LogP contribution in [-0.2, 0) is 4.74 Å². The summed E-state index contributed by atoms with van der Waals surface area (Å²) in [6.07, 6.45) is 0. The molecule has 1 heterocycles.